The van der Waals surface area contributed by atoms with Crippen LogP contribution in [0.2, 0.25) is 0 Å². The first-order valence-corrected chi connectivity index (χ1v) is 6.42. The van der Waals surface area contributed by atoms with Crippen LogP contribution in [0.25, 0.3) is 0 Å². The molecule has 2 atom stereocenters. The molecule has 3 heteroatoms. The molecule has 1 fully saturated rings. The number of nitrogens with two attached hydrogens (primary N) is 1. The first-order chi connectivity index (χ1) is 7.16. The molecule has 0 saturated heterocycles. The first-order valence-electron chi connectivity index (χ1n) is 5.60. The van der Waals surface area contributed by atoms with Gasteiger partial charge in [-0.05, 0) is 44.7 Å². The average Bonchev–Trinajstić information content (AvgIpc) is 2.89. The highest BCUT2D eigenvalue weighted by Crippen LogP contribution is 2.33. The second-order valence-electron chi connectivity index (χ2n) is 4.50. The van der Waals surface area contributed by atoms with Gasteiger partial charge in [0.15, 0.2) is 0 Å². The van der Waals surface area contributed by atoms with Gasteiger partial charge in [-0.25, -0.2) is 0 Å². The van der Waals surface area contributed by atoms with E-state index < -0.39 is 0 Å². The molecule has 2 nitrogen and oxygen atoms in total. The fourth-order valence-electron chi connectivity index (χ4n) is 1.62. The van der Waals surface area contributed by atoms with E-state index in [0.29, 0.717) is 0 Å². The van der Waals surface area contributed by atoms with Gasteiger partial charge in [0, 0.05) is 15.8 Å². The van der Waals surface area contributed by atoms with Gasteiger partial charge in [0.25, 0.3) is 0 Å². The van der Waals surface area contributed by atoms with Gasteiger partial charge in [-0.2, -0.15) is 0 Å². The lowest BCUT2D eigenvalue weighted by atomic mass is 10.1. The van der Waals surface area contributed by atoms with E-state index in [9.17, 15) is 0 Å². The predicted molar refractivity (Wildman–Crippen MR) is 64.1 cm³/mol. The fourth-order valence-corrected chi connectivity index (χ4v) is 2.67. The molecule has 0 bridgehead atoms. The maximum Gasteiger partial charge on any atom is 0.106 e. The van der Waals surface area contributed by atoms with Crippen LogP contribution in [0, 0.1) is 12.8 Å². The van der Waals surface area contributed by atoms with Gasteiger partial charge in [-0.15, -0.1) is 11.3 Å². The normalized spacial score (nSPS) is 20.2. The van der Waals surface area contributed by atoms with Crippen LogP contribution in [0.3, 0.4) is 0 Å². The fraction of sp³-hybridized carbons (Fsp3) is 0.667. The molecule has 0 radical (unpaired) electrons. The van der Waals surface area contributed by atoms with Crippen LogP contribution in [0.1, 0.15) is 35.6 Å². The molecule has 1 aliphatic carbocycles. The van der Waals surface area contributed by atoms with Crippen LogP contribution in [0.15, 0.2) is 12.1 Å². The monoisotopic (exact) mass is 225 g/mol. The third-order valence-electron chi connectivity index (χ3n) is 2.73. The highest BCUT2D eigenvalue weighted by Gasteiger charge is 2.25. The van der Waals surface area contributed by atoms with Crippen LogP contribution >= 0.6 is 11.3 Å². The summed E-state index contributed by atoms with van der Waals surface area (Å²) < 4.78 is 5.91. The summed E-state index contributed by atoms with van der Waals surface area (Å²) in [5.41, 5.74) is 5.97. The van der Waals surface area contributed by atoms with Gasteiger partial charge < -0.3 is 10.5 Å². The highest BCUT2D eigenvalue weighted by atomic mass is 32.1. The molecule has 1 saturated carbocycles. The topological polar surface area (TPSA) is 35.2 Å². The van der Waals surface area contributed by atoms with Crippen molar-refractivity contribution in [2.75, 3.05) is 6.61 Å². The van der Waals surface area contributed by atoms with Gasteiger partial charge in [-0.3, -0.25) is 0 Å². The van der Waals surface area contributed by atoms with Crippen LogP contribution in [0.4, 0.5) is 0 Å². The van der Waals surface area contributed by atoms with E-state index in [1.807, 2.05) is 6.92 Å². The zero-order valence-electron chi connectivity index (χ0n) is 9.40. The van der Waals surface area contributed by atoms with Gasteiger partial charge in [-0.1, -0.05) is 0 Å². The molecule has 0 aliphatic heterocycles. The molecule has 2 N–H and O–H groups in total. The summed E-state index contributed by atoms with van der Waals surface area (Å²) in [7, 11) is 0. The second kappa shape index (κ2) is 4.64. The highest BCUT2D eigenvalue weighted by molar-refractivity contribution is 7.12. The van der Waals surface area contributed by atoms with Crippen molar-refractivity contribution in [1.82, 2.24) is 0 Å². The van der Waals surface area contributed by atoms with Gasteiger partial charge in [0.1, 0.15) is 6.10 Å². The maximum absolute atomic E-state index is 5.97. The van der Waals surface area contributed by atoms with Crippen molar-refractivity contribution in [2.24, 2.45) is 11.7 Å². The molecule has 15 heavy (non-hydrogen) atoms. The Morgan fingerprint density at radius 2 is 2.27 bits per heavy atom. The average molecular weight is 225 g/mol. The Hall–Kier alpha value is -0.380. The zero-order chi connectivity index (χ0) is 10.8. The minimum atomic E-state index is 0.0711. The summed E-state index contributed by atoms with van der Waals surface area (Å²) in [5.74, 6) is 0.798. The molecule has 1 heterocycles. The standard InChI is InChI=1S/C12H19NOS/c1-8-3-6-11(15-8)12(9(2)13)14-7-10-4-5-10/h3,6,9-10,12H,4-5,7,13H2,1-2H3. The molecule has 0 amide bonds. The van der Waals surface area contributed by atoms with Gasteiger partial charge in [0.2, 0.25) is 0 Å². The Kier molecular flexibility index (Phi) is 3.44. The first kappa shape index (κ1) is 11.1. The number of hydrogen-bond acceptors (Lipinski definition) is 3. The summed E-state index contributed by atoms with van der Waals surface area (Å²) in [4.78, 5) is 2.59. The number of thiophene rings is 1. The van der Waals surface area contributed by atoms with Crippen LogP contribution in [-0.4, -0.2) is 12.6 Å². The van der Waals surface area contributed by atoms with Crippen LogP contribution in [0.5, 0.6) is 0 Å². The molecule has 0 spiro atoms. The van der Waals surface area contributed by atoms with Crippen molar-refractivity contribution in [1.29, 1.82) is 0 Å². The van der Waals surface area contributed by atoms with E-state index in [4.69, 9.17) is 10.5 Å². The summed E-state index contributed by atoms with van der Waals surface area (Å²) in [6, 6.07) is 4.35. The predicted octanol–water partition coefficient (Wildman–Crippen LogP) is 2.87. The zero-order valence-corrected chi connectivity index (χ0v) is 10.2. The molecular formula is C12H19NOS. The summed E-state index contributed by atoms with van der Waals surface area (Å²) in [6.45, 7) is 5.02. The SMILES string of the molecule is Cc1ccc(C(OCC2CC2)C(C)N)s1. The van der Waals surface area contributed by atoms with E-state index >= 15 is 0 Å². The lowest BCUT2D eigenvalue weighted by Gasteiger charge is -2.20. The van der Waals surface area contributed by atoms with E-state index in [0.717, 1.165) is 12.5 Å². The van der Waals surface area contributed by atoms with E-state index in [2.05, 4.69) is 19.1 Å². The van der Waals surface area contributed by atoms with E-state index in [1.165, 1.54) is 22.6 Å². The van der Waals surface area contributed by atoms with Crippen molar-refractivity contribution in [3.63, 3.8) is 0 Å². The Morgan fingerprint density at radius 1 is 1.53 bits per heavy atom. The molecule has 2 unspecified atom stereocenters. The second-order valence-corrected chi connectivity index (χ2v) is 5.82. The molecular weight excluding hydrogens is 206 g/mol. The smallest absolute Gasteiger partial charge is 0.106 e. The van der Waals surface area contributed by atoms with Crippen molar-refractivity contribution in [2.45, 2.75) is 38.8 Å². The third-order valence-corrected chi connectivity index (χ3v) is 3.79. The minimum Gasteiger partial charge on any atom is -0.371 e. The Labute approximate surface area is 95.4 Å². The van der Waals surface area contributed by atoms with Crippen molar-refractivity contribution >= 4 is 11.3 Å². The van der Waals surface area contributed by atoms with E-state index in [1.54, 1.807) is 11.3 Å². The largest absolute Gasteiger partial charge is 0.371 e. The van der Waals surface area contributed by atoms with Gasteiger partial charge >= 0.3 is 0 Å². The third kappa shape index (κ3) is 3.03. The lowest BCUT2D eigenvalue weighted by molar-refractivity contribution is 0.0338. The Morgan fingerprint density at radius 3 is 2.73 bits per heavy atom. The Balaban J connectivity index is 1.97. The molecule has 1 aromatic heterocycles. The van der Waals surface area contributed by atoms with Crippen molar-refractivity contribution in [3.05, 3.63) is 21.9 Å². The summed E-state index contributed by atoms with van der Waals surface area (Å²) >= 11 is 1.79. The Bertz CT molecular complexity index is 317. The number of aryl methyl sites for hydroxylation is 1. The summed E-state index contributed by atoms with van der Waals surface area (Å²) in [6.07, 6.45) is 2.74. The molecule has 84 valence electrons. The lowest BCUT2D eigenvalue weighted by Crippen LogP contribution is -2.26. The number of hydrogen-bond donors (Lipinski definition) is 1. The van der Waals surface area contributed by atoms with Crippen LogP contribution in [-0.2, 0) is 4.74 Å². The maximum atomic E-state index is 5.97. The summed E-state index contributed by atoms with van der Waals surface area (Å²) in [5, 5.41) is 0. The van der Waals surface area contributed by atoms with E-state index in [-0.39, 0.29) is 12.1 Å². The quantitative estimate of drug-likeness (QED) is 0.836. The molecule has 1 aliphatic rings. The van der Waals surface area contributed by atoms with Crippen molar-refractivity contribution in [3.8, 4) is 0 Å². The molecule has 1 aromatic rings. The molecule has 2 rings (SSSR count). The molecule has 0 aromatic carbocycles. The van der Waals surface area contributed by atoms with Gasteiger partial charge in [0.05, 0.1) is 6.61 Å². The minimum absolute atomic E-state index is 0.0711. The van der Waals surface area contributed by atoms with Crippen molar-refractivity contribution < 1.29 is 4.74 Å². The number of rotatable bonds is 5. The van der Waals surface area contributed by atoms with Crippen LogP contribution < -0.4 is 5.73 Å². The number of ether oxygens (including phenoxy) is 1.